The van der Waals surface area contributed by atoms with Gasteiger partial charge in [-0.05, 0) is 30.5 Å². The van der Waals surface area contributed by atoms with Crippen LogP contribution in [0.5, 0.6) is 0 Å². The molecule has 2 saturated heterocycles. The van der Waals surface area contributed by atoms with Crippen LogP contribution < -0.4 is 5.32 Å². The van der Waals surface area contributed by atoms with Crippen LogP contribution in [0.3, 0.4) is 0 Å². The van der Waals surface area contributed by atoms with Crippen molar-refractivity contribution in [3.63, 3.8) is 0 Å². The molecule has 0 aromatic heterocycles. The molecule has 3 atom stereocenters. The molecule has 0 radical (unpaired) electrons. The van der Waals surface area contributed by atoms with E-state index in [1.54, 1.807) is 12.1 Å². The van der Waals surface area contributed by atoms with Crippen LogP contribution in [-0.2, 0) is 14.6 Å². The van der Waals surface area contributed by atoms with E-state index in [1.807, 2.05) is 0 Å². The minimum atomic E-state index is -3.32. The van der Waals surface area contributed by atoms with Gasteiger partial charge in [0, 0.05) is 37.0 Å². The first-order valence-corrected chi connectivity index (χ1v) is 10.6. The highest BCUT2D eigenvalue weighted by Crippen LogP contribution is 2.26. The molecule has 0 spiro atoms. The van der Waals surface area contributed by atoms with Crippen LogP contribution in [-0.4, -0.2) is 63.4 Å². The summed E-state index contributed by atoms with van der Waals surface area (Å²) in [5.41, 5.74) is 0.379. The highest BCUT2D eigenvalue weighted by atomic mass is 32.2. The lowest BCUT2D eigenvalue weighted by atomic mass is 10.0. The molecule has 3 rings (SSSR count). The smallest absolute Gasteiger partial charge is 0.251 e. The second kappa shape index (κ2) is 7.05. The number of hydrogen-bond donors (Lipinski definition) is 1. The topological polar surface area (TPSA) is 75.7 Å². The Morgan fingerprint density at radius 3 is 2.76 bits per heavy atom. The summed E-state index contributed by atoms with van der Waals surface area (Å²) in [7, 11) is -3.32. The van der Waals surface area contributed by atoms with Gasteiger partial charge in [0.05, 0.1) is 17.6 Å². The van der Waals surface area contributed by atoms with Gasteiger partial charge in [0.25, 0.3) is 5.91 Å². The van der Waals surface area contributed by atoms with Gasteiger partial charge in [0.1, 0.15) is 0 Å². The standard InChI is InChI=1S/C18H26N2O4S/c1-12(2)17-10-20-9-14(8-15(20)11-24-17)19-18(21)13-5-4-6-16(7-13)25(3,22)23/h4-7,12,14-15,17H,8-11H2,1-3H3,(H,19,21)/t14-,15+,17-/m1/s1. The number of nitrogens with one attached hydrogen (secondary N) is 1. The van der Waals surface area contributed by atoms with Gasteiger partial charge >= 0.3 is 0 Å². The number of hydrogen-bond acceptors (Lipinski definition) is 5. The van der Waals surface area contributed by atoms with Gasteiger partial charge in [0.2, 0.25) is 0 Å². The third kappa shape index (κ3) is 4.22. The molecule has 1 N–H and O–H groups in total. The first-order chi connectivity index (χ1) is 11.7. The van der Waals surface area contributed by atoms with E-state index in [0.717, 1.165) is 25.8 Å². The average Bonchev–Trinajstić information content (AvgIpc) is 2.95. The number of nitrogens with zero attached hydrogens (tertiary/aromatic N) is 1. The summed E-state index contributed by atoms with van der Waals surface area (Å²) >= 11 is 0. The maximum atomic E-state index is 12.5. The lowest BCUT2D eigenvalue weighted by Crippen LogP contribution is -2.48. The number of morpholine rings is 1. The van der Waals surface area contributed by atoms with Gasteiger partial charge in [-0.3, -0.25) is 9.69 Å². The normalized spacial score (nSPS) is 27.3. The van der Waals surface area contributed by atoms with E-state index < -0.39 is 9.84 Å². The molecule has 1 aromatic carbocycles. The summed E-state index contributed by atoms with van der Waals surface area (Å²) in [6.07, 6.45) is 2.25. The van der Waals surface area contributed by atoms with Crippen molar-refractivity contribution in [1.29, 1.82) is 0 Å². The number of ether oxygens (including phenoxy) is 1. The number of carbonyl (C=O) groups is 1. The van der Waals surface area contributed by atoms with Gasteiger partial charge in [-0.15, -0.1) is 0 Å². The van der Waals surface area contributed by atoms with Crippen molar-refractivity contribution >= 4 is 15.7 Å². The van der Waals surface area contributed by atoms with Crippen molar-refractivity contribution in [2.75, 3.05) is 26.0 Å². The molecule has 0 saturated carbocycles. The second-order valence-corrected chi connectivity index (χ2v) is 9.45. The van der Waals surface area contributed by atoms with Crippen LogP contribution >= 0.6 is 0 Å². The lowest BCUT2D eigenvalue weighted by Gasteiger charge is -2.36. The Morgan fingerprint density at radius 2 is 2.08 bits per heavy atom. The molecule has 2 heterocycles. The van der Waals surface area contributed by atoms with Crippen LogP contribution in [0.25, 0.3) is 0 Å². The van der Waals surface area contributed by atoms with Crippen molar-refractivity contribution in [2.45, 2.75) is 43.4 Å². The molecule has 0 aliphatic carbocycles. The van der Waals surface area contributed by atoms with Crippen molar-refractivity contribution in [3.8, 4) is 0 Å². The monoisotopic (exact) mass is 366 g/mol. The second-order valence-electron chi connectivity index (χ2n) is 7.43. The van der Waals surface area contributed by atoms with E-state index in [1.165, 1.54) is 12.1 Å². The van der Waals surface area contributed by atoms with Crippen LogP contribution in [0.15, 0.2) is 29.2 Å². The average molecular weight is 366 g/mol. The summed E-state index contributed by atoms with van der Waals surface area (Å²) in [5.74, 6) is 0.255. The molecule has 138 valence electrons. The third-order valence-electron chi connectivity index (χ3n) is 5.05. The van der Waals surface area contributed by atoms with Gasteiger partial charge in [0.15, 0.2) is 9.84 Å². The summed E-state index contributed by atoms with van der Waals surface area (Å²) in [4.78, 5) is 15.1. The number of sulfone groups is 1. The Bertz CT molecular complexity index is 747. The molecule has 25 heavy (non-hydrogen) atoms. The molecule has 2 fully saturated rings. The maximum absolute atomic E-state index is 12.5. The van der Waals surface area contributed by atoms with E-state index in [9.17, 15) is 13.2 Å². The van der Waals surface area contributed by atoms with E-state index in [-0.39, 0.29) is 22.9 Å². The number of rotatable bonds is 4. The third-order valence-corrected chi connectivity index (χ3v) is 6.16. The molecule has 7 heteroatoms. The van der Waals surface area contributed by atoms with Crippen molar-refractivity contribution in [3.05, 3.63) is 29.8 Å². The molecular weight excluding hydrogens is 340 g/mol. The molecular formula is C18H26N2O4S. The predicted octanol–water partition coefficient (Wildman–Crippen LogP) is 1.32. The predicted molar refractivity (Wildman–Crippen MR) is 95.4 cm³/mol. The number of carbonyl (C=O) groups excluding carboxylic acids is 1. The van der Waals surface area contributed by atoms with E-state index >= 15 is 0 Å². The van der Waals surface area contributed by atoms with Crippen molar-refractivity contribution < 1.29 is 17.9 Å². The number of benzene rings is 1. The quantitative estimate of drug-likeness (QED) is 0.870. The summed E-state index contributed by atoms with van der Waals surface area (Å²) < 4.78 is 29.2. The Labute approximate surface area is 149 Å². The zero-order valence-electron chi connectivity index (χ0n) is 14.9. The van der Waals surface area contributed by atoms with Crippen molar-refractivity contribution in [2.24, 2.45) is 5.92 Å². The Kier molecular flexibility index (Phi) is 5.18. The molecule has 2 aliphatic heterocycles. The molecule has 0 unspecified atom stereocenters. The van der Waals surface area contributed by atoms with Crippen LogP contribution in [0.2, 0.25) is 0 Å². The van der Waals surface area contributed by atoms with E-state index in [0.29, 0.717) is 24.1 Å². The largest absolute Gasteiger partial charge is 0.375 e. The molecule has 2 aliphatic rings. The lowest BCUT2D eigenvalue weighted by molar-refractivity contribution is -0.0683. The highest BCUT2D eigenvalue weighted by Gasteiger charge is 2.38. The fourth-order valence-corrected chi connectivity index (χ4v) is 4.21. The SMILES string of the molecule is CC(C)[C@H]1CN2C[C@H](NC(=O)c3cccc(S(C)(=O)=O)c3)C[C@H]2CO1. The first kappa shape index (κ1) is 18.4. The fourth-order valence-electron chi connectivity index (χ4n) is 3.54. The van der Waals surface area contributed by atoms with Crippen LogP contribution in [0.1, 0.15) is 30.6 Å². The molecule has 0 bridgehead atoms. The summed E-state index contributed by atoms with van der Waals surface area (Å²) in [6.45, 7) is 6.75. The van der Waals surface area contributed by atoms with E-state index in [2.05, 4.69) is 24.1 Å². The van der Waals surface area contributed by atoms with Gasteiger partial charge in [-0.1, -0.05) is 19.9 Å². The van der Waals surface area contributed by atoms with Gasteiger partial charge < -0.3 is 10.1 Å². The molecule has 1 aromatic rings. The van der Waals surface area contributed by atoms with Crippen molar-refractivity contribution in [1.82, 2.24) is 10.2 Å². The van der Waals surface area contributed by atoms with Gasteiger partial charge in [-0.2, -0.15) is 0 Å². The van der Waals surface area contributed by atoms with Gasteiger partial charge in [-0.25, -0.2) is 8.42 Å². The minimum Gasteiger partial charge on any atom is -0.375 e. The zero-order valence-corrected chi connectivity index (χ0v) is 15.8. The highest BCUT2D eigenvalue weighted by molar-refractivity contribution is 7.90. The minimum absolute atomic E-state index is 0.0638. The number of fused-ring (bicyclic) bond motifs is 1. The molecule has 1 amide bonds. The summed E-state index contributed by atoms with van der Waals surface area (Å²) in [5, 5.41) is 3.04. The molecule has 6 nitrogen and oxygen atoms in total. The zero-order chi connectivity index (χ0) is 18.2. The Balaban J connectivity index is 1.63. The van der Waals surface area contributed by atoms with Crippen LogP contribution in [0, 0.1) is 5.92 Å². The maximum Gasteiger partial charge on any atom is 0.251 e. The Hall–Kier alpha value is -1.44. The fraction of sp³-hybridized carbons (Fsp3) is 0.611. The van der Waals surface area contributed by atoms with E-state index in [4.69, 9.17) is 4.74 Å². The Morgan fingerprint density at radius 1 is 1.32 bits per heavy atom. The summed E-state index contributed by atoms with van der Waals surface area (Å²) in [6, 6.07) is 6.60. The van der Waals surface area contributed by atoms with Crippen LogP contribution in [0.4, 0.5) is 0 Å². The first-order valence-electron chi connectivity index (χ1n) is 8.70. The number of amides is 1.